The van der Waals surface area contributed by atoms with Gasteiger partial charge >= 0.3 is 6.09 Å². The van der Waals surface area contributed by atoms with Gasteiger partial charge in [0.2, 0.25) is 0 Å². The van der Waals surface area contributed by atoms with Crippen LogP contribution >= 0.6 is 0 Å². The first-order chi connectivity index (χ1) is 18.9. The van der Waals surface area contributed by atoms with Crippen LogP contribution < -0.4 is 4.31 Å². The van der Waals surface area contributed by atoms with E-state index in [4.69, 9.17) is 4.74 Å². The molecule has 3 aromatic carbocycles. The van der Waals surface area contributed by atoms with Crippen molar-refractivity contribution < 1.29 is 17.9 Å². The Balaban J connectivity index is 1.95. The Morgan fingerprint density at radius 2 is 1.45 bits per heavy atom. The van der Waals surface area contributed by atoms with Crippen LogP contribution in [-0.2, 0) is 14.8 Å². The Hall–Kier alpha value is -3.32. The largest absolute Gasteiger partial charge is 0.444 e. The van der Waals surface area contributed by atoms with Crippen LogP contribution in [0.25, 0.3) is 11.1 Å². The second kappa shape index (κ2) is 13.8. The number of benzene rings is 3. The van der Waals surface area contributed by atoms with Crippen molar-refractivity contribution in [3.8, 4) is 11.1 Å². The number of unbranched alkanes of at least 4 members (excludes halogenated alkanes) is 1. The van der Waals surface area contributed by atoms with Crippen molar-refractivity contribution in [1.82, 2.24) is 4.90 Å². The first kappa shape index (κ1) is 31.2. The molecule has 0 heterocycles. The number of carbonyl (C=O) groups is 1. The number of nitrogens with zero attached hydrogens (tertiary/aromatic N) is 2. The SMILES string of the molecule is CCCN(CCCCN(c1ccc(C(C)C)cc1-c1ccccc1)S(=O)(=O)c1ccccc1)C(=O)OC(C)(C)C. The van der Waals surface area contributed by atoms with Gasteiger partial charge in [0.15, 0.2) is 0 Å². The summed E-state index contributed by atoms with van der Waals surface area (Å²) in [5.41, 5.74) is 3.07. The second-order valence-corrected chi connectivity index (χ2v) is 13.2. The highest BCUT2D eigenvalue weighted by Gasteiger charge is 2.28. The minimum absolute atomic E-state index is 0.253. The molecule has 40 heavy (non-hydrogen) atoms. The maximum absolute atomic E-state index is 14.1. The molecule has 3 rings (SSSR count). The van der Waals surface area contributed by atoms with E-state index in [-0.39, 0.29) is 17.5 Å². The molecular formula is C33H44N2O4S. The van der Waals surface area contributed by atoms with Crippen molar-refractivity contribution in [3.05, 3.63) is 84.4 Å². The summed E-state index contributed by atoms with van der Waals surface area (Å²) in [7, 11) is -3.84. The van der Waals surface area contributed by atoms with Crippen molar-refractivity contribution in [3.63, 3.8) is 0 Å². The van der Waals surface area contributed by atoms with Gasteiger partial charge in [-0.15, -0.1) is 0 Å². The zero-order valence-corrected chi connectivity index (χ0v) is 25.6. The summed E-state index contributed by atoms with van der Waals surface area (Å²) in [5, 5.41) is 0. The zero-order chi connectivity index (χ0) is 29.3. The van der Waals surface area contributed by atoms with Crippen molar-refractivity contribution in [2.24, 2.45) is 0 Å². The monoisotopic (exact) mass is 564 g/mol. The molecule has 0 radical (unpaired) electrons. The number of sulfonamides is 1. The highest BCUT2D eigenvalue weighted by atomic mass is 32.2. The quantitative estimate of drug-likeness (QED) is 0.209. The fraction of sp³-hybridized carbons (Fsp3) is 0.424. The normalized spacial score (nSPS) is 11.9. The second-order valence-electron chi connectivity index (χ2n) is 11.4. The Morgan fingerprint density at radius 1 is 0.850 bits per heavy atom. The number of hydrogen-bond donors (Lipinski definition) is 0. The Labute approximate surface area is 241 Å². The molecule has 0 saturated carbocycles. The summed E-state index contributed by atoms with van der Waals surface area (Å²) < 4.78 is 35.3. The molecule has 0 aliphatic heterocycles. The van der Waals surface area contributed by atoms with Gasteiger partial charge in [0.1, 0.15) is 5.60 Å². The van der Waals surface area contributed by atoms with E-state index in [9.17, 15) is 13.2 Å². The van der Waals surface area contributed by atoms with Crippen LogP contribution in [-0.4, -0.2) is 44.6 Å². The van der Waals surface area contributed by atoms with Crippen molar-refractivity contribution in [1.29, 1.82) is 0 Å². The van der Waals surface area contributed by atoms with E-state index in [1.165, 1.54) is 4.31 Å². The molecule has 0 N–H and O–H groups in total. The Morgan fingerprint density at radius 3 is 2.02 bits per heavy atom. The van der Waals surface area contributed by atoms with Gasteiger partial charge in [0.25, 0.3) is 10.0 Å². The lowest BCUT2D eigenvalue weighted by Crippen LogP contribution is -2.38. The van der Waals surface area contributed by atoms with Crippen LogP contribution in [0, 0.1) is 0 Å². The third-order valence-corrected chi connectivity index (χ3v) is 8.38. The summed E-state index contributed by atoms with van der Waals surface area (Å²) in [6.45, 7) is 13.2. The van der Waals surface area contributed by atoms with E-state index < -0.39 is 15.6 Å². The smallest absolute Gasteiger partial charge is 0.410 e. The van der Waals surface area contributed by atoms with Crippen molar-refractivity contribution in [2.75, 3.05) is 23.9 Å². The average Bonchev–Trinajstić information content (AvgIpc) is 2.92. The first-order valence-electron chi connectivity index (χ1n) is 14.2. The van der Waals surface area contributed by atoms with Gasteiger partial charge in [-0.1, -0.05) is 75.4 Å². The summed E-state index contributed by atoms with van der Waals surface area (Å²) >= 11 is 0. The van der Waals surface area contributed by atoms with E-state index in [0.717, 1.165) is 23.1 Å². The van der Waals surface area contributed by atoms with Gasteiger partial charge in [-0.25, -0.2) is 13.2 Å². The highest BCUT2D eigenvalue weighted by molar-refractivity contribution is 7.92. The maximum Gasteiger partial charge on any atom is 0.410 e. The number of carbonyl (C=O) groups excluding carboxylic acids is 1. The molecule has 0 aliphatic rings. The van der Waals surface area contributed by atoms with E-state index in [0.29, 0.717) is 37.5 Å². The molecule has 6 nitrogen and oxygen atoms in total. The fourth-order valence-corrected chi connectivity index (χ4v) is 6.06. The third-order valence-electron chi connectivity index (χ3n) is 6.56. The van der Waals surface area contributed by atoms with E-state index in [2.05, 4.69) is 19.9 Å². The van der Waals surface area contributed by atoms with Crippen molar-refractivity contribution >= 4 is 21.8 Å². The van der Waals surface area contributed by atoms with Gasteiger partial charge in [-0.2, -0.15) is 0 Å². The molecular weight excluding hydrogens is 520 g/mol. The molecule has 216 valence electrons. The number of amides is 1. The van der Waals surface area contributed by atoms with Gasteiger partial charge in [-0.3, -0.25) is 4.31 Å². The van der Waals surface area contributed by atoms with Crippen LogP contribution in [0.2, 0.25) is 0 Å². The van der Waals surface area contributed by atoms with Crippen LogP contribution in [0.5, 0.6) is 0 Å². The average molecular weight is 565 g/mol. The predicted molar refractivity (Wildman–Crippen MR) is 164 cm³/mol. The van der Waals surface area contributed by atoms with E-state index in [1.807, 2.05) is 76.2 Å². The van der Waals surface area contributed by atoms with Gasteiger partial charge in [0, 0.05) is 25.2 Å². The van der Waals surface area contributed by atoms with Gasteiger partial charge in [-0.05, 0) is 81.3 Å². The molecule has 0 saturated heterocycles. The maximum atomic E-state index is 14.1. The van der Waals surface area contributed by atoms with E-state index in [1.54, 1.807) is 29.2 Å². The lowest BCUT2D eigenvalue weighted by Gasteiger charge is -2.29. The molecule has 3 aromatic rings. The molecule has 1 amide bonds. The lowest BCUT2D eigenvalue weighted by atomic mass is 9.96. The zero-order valence-electron chi connectivity index (χ0n) is 24.8. The molecule has 0 aliphatic carbocycles. The van der Waals surface area contributed by atoms with Crippen LogP contribution in [0.1, 0.15) is 72.3 Å². The fourth-order valence-electron chi connectivity index (χ4n) is 4.52. The van der Waals surface area contributed by atoms with Gasteiger partial charge in [0.05, 0.1) is 10.6 Å². The number of ether oxygens (including phenoxy) is 1. The molecule has 0 spiro atoms. The van der Waals surface area contributed by atoms with E-state index >= 15 is 0 Å². The first-order valence-corrected chi connectivity index (χ1v) is 15.6. The van der Waals surface area contributed by atoms with Crippen LogP contribution in [0.4, 0.5) is 10.5 Å². The van der Waals surface area contributed by atoms with Crippen LogP contribution in [0.3, 0.4) is 0 Å². The Bertz CT molecular complexity index is 1330. The number of hydrogen-bond acceptors (Lipinski definition) is 4. The highest BCUT2D eigenvalue weighted by Crippen LogP contribution is 2.36. The summed E-state index contributed by atoms with van der Waals surface area (Å²) in [5.74, 6) is 0.299. The minimum atomic E-state index is -3.84. The Kier molecular flexibility index (Phi) is 10.8. The summed E-state index contributed by atoms with van der Waals surface area (Å²) in [6, 6.07) is 24.6. The molecule has 0 aromatic heterocycles. The summed E-state index contributed by atoms with van der Waals surface area (Å²) in [4.78, 5) is 14.7. The molecule has 0 atom stereocenters. The molecule has 0 unspecified atom stereocenters. The van der Waals surface area contributed by atoms with Crippen LogP contribution in [0.15, 0.2) is 83.8 Å². The van der Waals surface area contributed by atoms with Crippen molar-refractivity contribution in [2.45, 2.75) is 77.2 Å². The lowest BCUT2D eigenvalue weighted by molar-refractivity contribution is 0.0247. The predicted octanol–water partition coefficient (Wildman–Crippen LogP) is 8.10. The molecule has 0 bridgehead atoms. The minimum Gasteiger partial charge on any atom is -0.444 e. The third kappa shape index (κ3) is 8.34. The summed E-state index contributed by atoms with van der Waals surface area (Å²) in [6.07, 6.45) is 1.70. The molecule has 0 fully saturated rings. The van der Waals surface area contributed by atoms with Gasteiger partial charge < -0.3 is 9.64 Å². The molecule has 7 heteroatoms. The standard InChI is InChI=1S/C33H44N2O4S/c1-7-22-34(32(36)39-33(4,5)6)23-14-15-24-35(40(37,38)29-18-12-9-13-19-29)31-21-20-28(26(2)3)25-30(31)27-16-10-8-11-17-27/h8-13,16-21,25-26H,7,14-15,22-24H2,1-6H3. The topological polar surface area (TPSA) is 66.9 Å². The number of rotatable bonds is 12. The number of anilines is 1.